The van der Waals surface area contributed by atoms with Gasteiger partial charge in [0.1, 0.15) is 0 Å². The van der Waals surface area contributed by atoms with Crippen LogP contribution < -0.4 is 10.2 Å². The molecule has 0 fully saturated rings. The standard InChI is InChI=1S/C20H22F2N4O/c1-3-26(15-6-4-5-13(2)11-15)10-9-23-20(27)14-7-8-16-17(12-14)25-19(24-16)18(21)22/h4-8,11-12,18H,3,9-10H2,1-2H3,(H,23,27)(H,24,25). The van der Waals surface area contributed by atoms with Gasteiger partial charge in [-0.05, 0) is 49.7 Å². The average molecular weight is 372 g/mol. The molecule has 0 unspecified atom stereocenters. The number of anilines is 1. The van der Waals surface area contributed by atoms with Crippen LogP contribution in [-0.2, 0) is 0 Å². The number of carbonyl (C=O) groups is 1. The van der Waals surface area contributed by atoms with Crippen LogP contribution in [0, 0.1) is 6.92 Å². The Balaban J connectivity index is 1.62. The molecular weight excluding hydrogens is 350 g/mol. The van der Waals surface area contributed by atoms with Gasteiger partial charge in [0.2, 0.25) is 0 Å². The molecule has 5 nitrogen and oxygen atoms in total. The number of fused-ring (bicyclic) bond motifs is 1. The zero-order chi connectivity index (χ0) is 19.4. The Hall–Kier alpha value is -2.96. The molecule has 0 bridgehead atoms. The normalized spacial score (nSPS) is 11.1. The molecule has 0 saturated heterocycles. The Morgan fingerprint density at radius 3 is 2.78 bits per heavy atom. The second-order valence-electron chi connectivity index (χ2n) is 6.33. The smallest absolute Gasteiger partial charge is 0.295 e. The minimum atomic E-state index is -2.67. The highest BCUT2D eigenvalue weighted by Crippen LogP contribution is 2.20. The van der Waals surface area contributed by atoms with E-state index in [1.54, 1.807) is 18.2 Å². The zero-order valence-electron chi connectivity index (χ0n) is 15.3. The summed E-state index contributed by atoms with van der Waals surface area (Å²) in [6.07, 6.45) is -2.67. The van der Waals surface area contributed by atoms with E-state index in [1.807, 2.05) is 25.1 Å². The summed E-state index contributed by atoms with van der Waals surface area (Å²) in [4.78, 5) is 20.9. The first-order valence-electron chi connectivity index (χ1n) is 8.85. The molecule has 0 atom stereocenters. The Morgan fingerprint density at radius 1 is 1.26 bits per heavy atom. The molecule has 3 aromatic rings. The predicted molar refractivity (Wildman–Crippen MR) is 102 cm³/mol. The highest BCUT2D eigenvalue weighted by atomic mass is 19.3. The lowest BCUT2D eigenvalue weighted by Gasteiger charge is -2.23. The zero-order valence-corrected chi connectivity index (χ0v) is 15.3. The summed E-state index contributed by atoms with van der Waals surface area (Å²) in [7, 11) is 0. The van der Waals surface area contributed by atoms with Gasteiger partial charge in [-0.25, -0.2) is 13.8 Å². The molecule has 0 spiro atoms. The molecule has 0 aliphatic heterocycles. The highest BCUT2D eigenvalue weighted by molar-refractivity contribution is 5.97. The molecular formula is C20H22F2N4O. The van der Waals surface area contributed by atoms with Crippen molar-refractivity contribution >= 4 is 22.6 Å². The van der Waals surface area contributed by atoms with Crippen LogP contribution in [0.15, 0.2) is 42.5 Å². The topological polar surface area (TPSA) is 61.0 Å². The molecule has 1 aromatic heterocycles. The van der Waals surface area contributed by atoms with Crippen molar-refractivity contribution in [2.45, 2.75) is 20.3 Å². The quantitative estimate of drug-likeness (QED) is 0.657. The fourth-order valence-electron chi connectivity index (χ4n) is 2.97. The van der Waals surface area contributed by atoms with Gasteiger partial charge >= 0.3 is 0 Å². The second-order valence-corrected chi connectivity index (χ2v) is 6.33. The third kappa shape index (κ3) is 4.42. The second kappa shape index (κ2) is 8.16. The van der Waals surface area contributed by atoms with Crippen LogP contribution in [0.5, 0.6) is 0 Å². The fourth-order valence-corrected chi connectivity index (χ4v) is 2.97. The van der Waals surface area contributed by atoms with E-state index in [2.05, 4.69) is 33.2 Å². The third-order valence-corrected chi connectivity index (χ3v) is 4.38. The van der Waals surface area contributed by atoms with Gasteiger partial charge in [0.15, 0.2) is 5.82 Å². The maximum absolute atomic E-state index is 12.7. The minimum Gasteiger partial charge on any atom is -0.370 e. The molecule has 2 N–H and O–H groups in total. The Labute approximate surface area is 156 Å². The van der Waals surface area contributed by atoms with Crippen molar-refractivity contribution in [2.75, 3.05) is 24.5 Å². The summed E-state index contributed by atoms with van der Waals surface area (Å²) in [5.74, 6) is -0.635. The molecule has 0 radical (unpaired) electrons. The van der Waals surface area contributed by atoms with E-state index in [4.69, 9.17) is 0 Å². The number of aryl methyl sites for hydroxylation is 1. The van der Waals surface area contributed by atoms with Crippen molar-refractivity contribution in [1.29, 1.82) is 0 Å². The molecule has 7 heteroatoms. The van der Waals surface area contributed by atoms with Gasteiger partial charge in [-0.2, -0.15) is 0 Å². The molecule has 3 rings (SSSR count). The summed E-state index contributed by atoms with van der Waals surface area (Å²) in [5.41, 5.74) is 3.55. The molecule has 1 amide bonds. The van der Waals surface area contributed by atoms with E-state index in [0.717, 1.165) is 12.2 Å². The summed E-state index contributed by atoms with van der Waals surface area (Å²) in [5, 5.41) is 2.88. The van der Waals surface area contributed by atoms with Crippen LogP contribution >= 0.6 is 0 Å². The number of hydrogen-bond acceptors (Lipinski definition) is 3. The van der Waals surface area contributed by atoms with E-state index in [9.17, 15) is 13.6 Å². The Bertz CT molecular complexity index is 939. The number of imidazole rings is 1. The van der Waals surface area contributed by atoms with Crippen molar-refractivity contribution in [1.82, 2.24) is 15.3 Å². The van der Waals surface area contributed by atoms with Crippen LogP contribution in [0.2, 0.25) is 0 Å². The first kappa shape index (κ1) is 18.8. The lowest BCUT2D eigenvalue weighted by molar-refractivity contribution is 0.0954. The number of benzene rings is 2. The van der Waals surface area contributed by atoms with Crippen molar-refractivity contribution < 1.29 is 13.6 Å². The number of nitrogens with one attached hydrogen (secondary N) is 2. The van der Waals surface area contributed by atoms with E-state index in [0.29, 0.717) is 29.7 Å². The number of nitrogens with zero attached hydrogens (tertiary/aromatic N) is 2. The molecule has 2 aromatic carbocycles. The number of aromatic nitrogens is 2. The molecule has 1 heterocycles. The minimum absolute atomic E-state index is 0.245. The molecule has 0 aliphatic carbocycles. The number of H-pyrrole nitrogens is 1. The average Bonchev–Trinajstić information content (AvgIpc) is 3.08. The molecule has 27 heavy (non-hydrogen) atoms. The summed E-state index contributed by atoms with van der Waals surface area (Å²) < 4.78 is 25.5. The van der Waals surface area contributed by atoms with E-state index in [-0.39, 0.29) is 11.7 Å². The predicted octanol–water partition coefficient (Wildman–Crippen LogP) is 4.07. The van der Waals surface area contributed by atoms with Crippen LogP contribution in [0.1, 0.15) is 35.1 Å². The first-order chi connectivity index (χ1) is 13.0. The number of carbonyl (C=O) groups excluding carboxylic acids is 1. The third-order valence-electron chi connectivity index (χ3n) is 4.38. The Morgan fingerprint density at radius 2 is 2.07 bits per heavy atom. The molecule has 0 aliphatic rings. The van der Waals surface area contributed by atoms with Gasteiger partial charge in [0.05, 0.1) is 11.0 Å². The monoisotopic (exact) mass is 372 g/mol. The molecule has 142 valence electrons. The van der Waals surface area contributed by atoms with Crippen molar-refractivity contribution in [2.24, 2.45) is 0 Å². The van der Waals surface area contributed by atoms with Crippen molar-refractivity contribution in [3.63, 3.8) is 0 Å². The number of halogens is 2. The van der Waals surface area contributed by atoms with Gasteiger partial charge in [0.25, 0.3) is 12.3 Å². The van der Waals surface area contributed by atoms with Gasteiger partial charge in [-0.15, -0.1) is 0 Å². The Kier molecular flexibility index (Phi) is 5.69. The number of aromatic amines is 1. The SMILES string of the molecule is CCN(CCNC(=O)c1ccc2nc(C(F)F)[nH]c2c1)c1cccc(C)c1. The fraction of sp³-hybridized carbons (Fsp3) is 0.300. The summed E-state index contributed by atoms with van der Waals surface area (Å²) in [6.45, 7) is 6.09. The van der Waals surface area contributed by atoms with Crippen LogP contribution in [0.25, 0.3) is 11.0 Å². The lowest BCUT2D eigenvalue weighted by atomic mass is 10.2. The van der Waals surface area contributed by atoms with E-state index >= 15 is 0 Å². The maximum Gasteiger partial charge on any atom is 0.295 e. The summed E-state index contributed by atoms with van der Waals surface area (Å²) >= 11 is 0. The van der Waals surface area contributed by atoms with Crippen molar-refractivity contribution in [3.05, 3.63) is 59.4 Å². The van der Waals surface area contributed by atoms with Crippen molar-refractivity contribution in [3.8, 4) is 0 Å². The number of hydrogen-bond donors (Lipinski definition) is 2. The molecule has 0 saturated carbocycles. The van der Waals surface area contributed by atoms with Gasteiger partial charge in [-0.1, -0.05) is 12.1 Å². The maximum atomic E-state index is 12.7. The van der Waals surface area contributed by atoms with Crippen LogP contribution in [-0.4, -0.2) is 35.5 Å². The number of likely N-dealkylation sites (N-methyl/N-ethyl adjacent to an activating group) is 1. The number of alkyl halides is 2. The van der Waals surface area contributed by atoms with E-state index in [1.165, 1.54) is 5.56 Å². The van der Waals surface area contributed by atoms with Crippen LogP contribution in [0.3, 0.4) is 0 Å². The van der Waals surface area contributed by atoms with E-state index < -0.39 is 6.43 Å². The van der Waals surface area contributed by atoms with Gasteiger partial charge in [0, 0.05) is 30.9 Å². The lowest BCUT2D eigenvalue weighted by Crippen LogP contribution is -2.35. The van der Waals surface area contributed by atoms with Gasteiger partial charge in [-0.3, -0.25) is 4.79 Å². The summed E-state index contributed by atoms with van der Waals surface area (Å²) in [6, 6.07) is 12.9. The first-order valence-corrected chi connectivity index (χ1v) is 8.85. The highest BCUT2D eigenvalue weighted by Gasteiger charge is 2.14. The number of rotatable bonds is 7. The largest absolute Gasteiger partial charge is 0.370 e. The van der Waals surface area contributed by atoms with Gasteiger partial charge < -0.3 is 15.2 Å². The number of amides is 1. The van der Waals surface area contributed by atoms with Crippen LogP contribution in [0.4, 0.5) is 14.5 Å².